The van der Waals surface area contributed by atoms with E-state index < -0.39 is 0 Å². The molecule has 0 spiro atoms. The first-order chi connectivity index (χ1) is 13.1. The molecular weight excluding hydrogens is 344 g/mol. The quantitative estimate of drug-likeness (QED) is 0.680. The molecule has 1 N–H and O–H groups in total. The summed E-state index contributed by atoms with van der Waals surface area (Å²) in [5, 5.41) is 2.74. The lowest BCUT2D eigenvalue weighted by molar-refractivity contribution is 0.0513. The zero-order valence-corrected chi connectivity index (χ0v) is 15.2. The van der Waals surface area contributed by atoms with Crippen molar-refractivity contribution in [2.24, 2.45) is 0 Å². The molecule has 3 aromatic rings. The SMILES string of the molecule is CCOC(=O)c1c(C)ncn1Cc1ccc(C(=O)Nc2ccccn2)cc1. The van der Waals surface area contributed by atoms with Gasteiger partial charge in [0.15, 0.2) is 5.69 Å². The van der Waals surface area contributed by atoms with E-state index in [1.165, 1.54) is 0 Å². The molecule has 0 aliphatic carbocycles. The number of esters is 1. The number of amides is 1. The third-order valence-corrected chi connectivity index (χ3v) is 3.97. The highest BCUT2D eigenvalue weighted by Gasteiger charge is 2.17. The van der Waals surface area contributed by atoms with Gasteiger partial charge in [0.05, 0.1) is 18.6 Å². The number of aromatic nitrogens is 3. The highest BCUT2D eigenvalue weighted by atomic mass is 16.5. The molecule has 0 unspecified atom stereocenters. The fraction of sp³-hybridized carbons (Fsp3) is 0.200. The van der Waals surface area contributed by atoms with Crippen LogP contribution in [0, 0.1) is 6.92 Å². The van der Waals surface area contributed by atoms with Crippen molar-refractivity contribution in [1.29, 1.82) is 0 Å². The maximum absolute atomic E-state index is 12.3. The lowest BCUT2D eigenvalue weighted by atomic mass is 10.1. The van der Waals surface area contributed by atoms with Crippen LogP contribution in [0.4, 0.5) is 5.82 Å². The van der Waals surface area contributed by atoms with E-state index in [1.807, 2.05) is 12.1 Å². The number of ether oxygens (including phenoxy) is 1. The van der Waals surface area contributed by atoms with E-state index in [1.54, 1.807) is 61.3 Å². The Labute approximate surface area is 157 Å². The van der Waals surface area contributed by atoms with Crippen LogP contribution in [0.3, 0.4) is 0 Å². The molecule has 0 radical (unpaired) electrons. The van der Waals surface area contributed by atoms with Crippen LogP contribution in [0.1, 0.15) is 39.0 Å². The Morgan fingerprint density at radius 1 is 1.11 bits per heavy atom. The van der Waals surface area contributed by atoms with E-state index >= 15 is 0 Å². The molecule has 1 amide bonds. The fourth-order valence-electron chi connectivity index (χ4n) is 2.65. The van der Waals surface area contributed by atoms with Crippen LogP contribution in [0.25, 0.3) is 0 Å². The number of anilines is 1. The number of aryl methyl sites for hydroxylation is 1. The molecule has 138 valence electrons. The molecule has 0 saturated carbocycles. The number of hydrogen-bond donors (Lipinski definition) is 1. The maximum atomic E-state index is 12.3. The zero-order chi connectivity index (χ0) is 19.2. The first-order valence-corrected chi connectivity index (χ1v) is 8.58. The normalized spacial score (nSPS) is 10.4. The first kappa shape index (κ1) is 18.3. The highest BCUT2D eigenvalue weighted by molar-refractivity contribution is 6.03. The summed E-state index contributed by atoms with van der Waals surface area (Å²) in [6.07, 6.45) is 3.23. The third kappa shape index (κ3) is 4.38. The van der Waals surface area contributed by atoms with Crippen molar-refractivity contribution in [2.45, 2.75) is 20.4 Å². The molecule has 0 fully saturated rings. The second-order valence-corrected chi connectivity index (χ2v) is 5.89. The van der Waals surface area contributed by atoms with E-state index in [4.69, 9.17) is 4.74 Å². The smallest absolute Gasteiger partial charge is 0.356 e. The molecular formula is C20H20N4O3. The van der Waals surface area contributed by atoms with E-state index in [9.17, 15) is 9.59 Å². The van der Waals surface area contributed by atoms with Gasteiger partial charge in [-0.15, -0.1) is 0 Å². The Bertz CT molecular complexity index is 934. The summed E-state index contributed by atoms with van der Waals surface area (Å²) in [6, 6.07) is 12.5. The fourth-order valence-corrected chi connectivity index (χ4v) is 2.65. The highest BCUT2D eigenvalue weighted by Crippen LogP contribution is 2.13. The number of nitrogens with one attached hydrogen (secondary N) is 1. The molecule has 0 atom stereocenters. The van der Waals surface area contributed by atoms with Crippen LogP contribution in [-0.4, -0.2) is 33.0 Å². The average Bonchev–Trinajstić information content (AvgIpc) is 3.03. The van der Waals surface area contributed by atoms with Gasteiger partial charge in [-0.05, 0) is 43.7 Å². The van der Waals surface area contributed by atoms with Gasteiger partial charge < -0.3 is 14.6 Å². The molecule has 1 aromatic carbocycles. The molecule has 3 rings (SSSR count). The first-order valence-electron chi connectivity index (χ1n) is 8.58. The van der Waals surface area contributed by atoms with E-state index in [2.05, 4.69) is 15.3 Å². The predicted molar refractivity (Wildman–Crippen MR) is 101 cm³/mol. The number of imidazole rings is 1. The summed E-state index contributed by atoms with van der Waals surface area (Å²) >= 11 is 0. The van der Waals surface area contributed by atoms with Crippen LogP contribution in [-0.2, 0) is 11.3 Å². The van der Waals surface area contributed by atoms with E-state index in [-0.39, 0.29) is 11.9 Å². The van der Waals surface area contributed by atoms with Crippen LogP contribution >= 0.6 is 0 Å². The molecule has 7 heteroatoms. The molecule has 0 aliphatic rings. The van der Waals surface area contributed by atoms with E-state index in [0.29, 0.717) is 35.9 Å². The van der Waals surface area contributed by atoms with Crippen LogP contribution in [0.15, 0.2) is 55.0 Å². The molecule has 2 heterocycles. The number of nitrogens with zero attached hydrogens (tertiary/aromatic N) is 3. The van der Waals surface area contributed by atoms with Gasteiger partial charge in [0.25, 0.3) is 5.91 Å². The van der Waals surface area contributed by atoms with Crippen molar-refractivity contribution in [3.05, 3.63) is 77.5 Å². The molecule has 0 saturated heterocycles. The molecule has 0 aliphatic heterocycles. The summed E-state index contributed by atoms with van der Waals surface area (Å²) < 4.78 is 6.84. The average molecular weight is 364 g/mol. The number of rotatable bonds is 6. The molecule has 0 bridgehead atoms. The Balaban J connectivity index is 1.71. The van der Waals surface area contributed by atoms with Gasteiger partial charge in [-0.3, -0.25) is 4.79 Å². The summed E-state index contributed by atoms with van der Waals surface area (Å²) in [5.41, 5.74) is 2.53. The van der Waals surface area contributed by atoms with Gasteiger partial charge in [-0.2, -0.15) is 0 Å². The Kier molecular flexibility index (Phi) is 5.61. The zero-order valence-electron chi connectivity index (χ0n) is 15.2. The number of benzene rings is 1. The van der Waals surface area contributed by atoms with E-state index in [0.717, 1.165) is 5.56 Å². The summed E-state index contributed by atoms with van der Waals surface area (Å²) in [6.45, 7) is 4.30. The Hall–Kier alpha value is -3.48. The van der Waals surface area contributed by atoms with Crippen LogP contribution in [0.2, 0.25) is 0 Å². The van der Waals surface area contributed by atoms with Crippen LogP contribution in [0.5, 0.6) is 0 Å². The van der Waals surface area contributed by atoms with Crippen molar-refractivity contribution in [1.82, 2.24) is 14.5 Å². The summed E-state index contributed by atoms with van der Waals surface area (Å²) in [5.74, 6) is -0.121. The number of hydrogen-bond acceptors (Lipinski definition) is 5. The Morgan fingerprint density at radius 2 is 1.89 bits per heavy atom. The van der Waals surface area contributed by atoms with Gasteiger partial charge >= 0.3 is 5.97 Å². The number of pyridine rings is 1. The monoisotopic (exact) mass is 364 g/mol. The largest absolute Gasteiger partial charge is 0.461 e. The summed E-state index contributed by atoms with van der Waals surface area (Å²) in [4.78, 5) is 32.7. The minimum atomic E-state index is -0.390. The molecule has 27 heavy (non-hydrogen) atoms. The molecule has 2 aromatic heterocycles. The third-order valence-electron chi connectivity index (χ3n) is 3.97. The minimum Gasteiger partial charge on any atom is -0.461 e. The van der Waals surface area contributed by atoms with Crippen molar-refractivity contribution in [2.75, 3.05) is 11.9 Å². The van der Waals surface area contributed by atoms with Gasteiger partial charge in [-0.1, -0.05) is 18.2 Å². The van der Waals surface area contributed by atoms with Crippen molar-refractivity contribution < 1.29 is 14.3 Å². The number of carbonyl (C=O) groups is 2. The van der Waals surface area contributed by atoms with Gasteiger partial charge in [0.2, 0.25) is 0 Å². The Morgan fingerprint density at radius 3 is 2.56 bits per heavy atom. The standard InChI is InChI=1S/C20H20N4O3/c1-3-27-20(26)18-14(2)22-13-24(18)12-15-7-9-16(10-8-15)19(25)23-17-6-4-5-11-21-17/h4-11,13H,3,12H2,1-2H3,(H,21,23,25). The van der Waals surface area contributed by atoms with Crippen LogP contribution < -0.4 is 5.32 Å². The van der Waals surface area contributed by atoms with Crippen molar-refractivity contribution in [3.8, 4) is 0 Å². The maximum Gasteiger partial charge on any atom is 0.356 e. The number of carbonyl (C=O) groups excluding carboxylic acids is 2. The van der Waals surface area contributed by atoms with Gasteiger partial charge in [0, 0.05) is 18.3 Å². The lowest BCUT2D eigenvalue weighted by Crippen LogP contribution is -2.14. The second-order valence-electron chi connectivity index (χ2n) is 5.89. The van der Waals surface area contributed by atoms with Gasteiger partial charge in [0.1, 0.15) is 5.82 Å². The van der Waals surface area contributed by atoms with Crippen molar-refractivity contribution >= 4 is 17.7 Å². The van der Waals surface area contributed by atoms with Gasteiger partial charge in [-0.25, -0.2) is 14.8 Å². The lowest BCUT2D eigenvalue weighted by Gasteiger charge is -2.09. The summed E-state index contributed by atoms with van der Waals surface area (Å²) in [7, 11) is 0. The van der Waals surface area contributed by atoms with Crippen molar-refractivity contribution in [3.63, 3.8) is 0 Å². The predicted octanol–water partition coefficient (Wildman–Crippen LogP) is 3.06. The molecule has 7 nitrogen and oxygen atoms in total. The minimum absolute atomic E-state index is 0.231. The second kappa shape index (κ2) is 8.27. The topological polar surface area (TPSA) is 86.1 Å².